The molecule has 0 radical (unpaired) electrons. The molecule has 0 spiro atoms. The van der Waals surface area contributed by atoms with Crippen LogP contribution >= 0.6 is 0 Å². The van der Waals surface area contributed by atoms with Crippen LogP contribution in [-0.4, -0.2) is 72.5 Å². The molecule has 4 aromatic rings. The summed E-state index contributed by atoms with van der Waals surface area (Å²) >= 11 is 0. The number of ether oxygens (including phenoxy) is 1. The number of nitrogens with one attached hydrogen (secondary N) is 1. The molecule has 1 amide bonds. The summed E-state index contributed by atoms with van der Waals surface area (Å²) in [6, 6.07) is 9.68. The number of carbonyl (C=O) groups excluding carboxylic acids is 1. The van der Waals surface area contributed by atoms with Gasteiger partial charge in [-0.1, -0.05) is 0 Å². The van der Waals surface area contributed by atoms with Crippen molar-refractivity contribution in [3.05, 3.63) is 61.3 Å². The molecule has 1 fully saturated rings. The van der Waals surface area contributed by atoms with Crippen molar-refractivity contribution in [1.82, 2.24) is 34.6 Å². The number of rotatable bonds is 6. The molecule has 0 aliphatic carbocycles. The van der Waals surface area contributed by atoms with Crippen LogP contribution in [0.4, 0.5) is 22.2 Å². The summed E-state index contributed by atoms with van der Waals surface area (Å²) < 4.78 is 7.38. The molecule has 0 saturated carbocycles. The molecule has 5 rings (SSSR count). The maximum absolute atomic E-state index is 12.3. The molecule has 1 saturated heterocycles. The van der Waals surface area contributed by atoms with E-state index in [1.54, 1.807) is 29.7 Å². The topological polar surface area (TPSA) is 114 Å². The third kappa shape index (κ3) is 6.31. The van der Waals surface area contributed by atoms with E-state index in [2.05, 4.69) is 25.2 Å². The Morgan fingerprint density at radius 3 is 2.51 bits per heavy atom. The van der Waals surface area contributed by atoms with E-state index in [1.165, 1.54) is 0 Å². The van der Waals surface area contributed by atoms with E-state index < -0.39 is 5.60 Å². The largest absolute Gasteiger partial charge is 0.444 e. The van der Waals surface area contributed by atoms with Gasteiger partial charge in [-0.05, 0) is 58.0 Å². The SMILES string of the molecule is CCn1cc(-c2ccnc(Nc3ccc(N4CCN(C(=O)OC(C)(C)C)CC4)nc3)n2)c(-c2cccnc2)n1. The fourth-order valence-electron chi connectivity index (χ4n) is 4.28. The van der Waals surface area contributed by atoms with Gasteiger partial charge in [-0.25, -0.2) is 19.7 Å². The molecule has 0 bridgehead atoms. The maximum Gasteiger partial charge on any atom is 0.410 e. The molecule has 1 N–H and O–H groups in total. The van der Waals surface area contributed by atoms with Crippen molar-refractivity contribution in [3.8, 4) is 22.5 Å². The van der Waals surface area contributed by atoms with E-state index in [0.717, 1.165) is 40.6 Å². The molecule has 202 valence electrons. The summed E-state index contributed by atoms with van der Waals surface area (Å²) in [6.45, 7) is 11.0. The number of carbonyl (C=O) groups is 1. The van der Waals surface area contributed by atoms with Gasteiger partial charge in [0.05, 0.1) is 17.6 Å². The van der Waals surface area contributed by atoms with Crippen molar-refractivity contribution in [1.29, 1.82) is 0 Å². The molecule has 0 aromatic carbocycles. The summed E-state index contributed by atoms with van der Waals surface area (Å²) in [5.74, 6) is 1.32. The molecular formula is C28H33N9O2. The number of hydrogen-bond acceptors (Lipinski definition) is 9. The van der Waals surface area contributed by atoms with Gasteiger partial charge in [-0.2, -0.15) is 5.10 Å². The van der Waals surface area contributed by atoms with E-state index in [0.29, 0.717) is 32.1 Å². The van der Waals surface area contributed by atoms with Crippen LogP contribution in [0.2, 0.25) is 0 Å². The van der Waals surface area contributed by atoms with Crippen LogP contribution in [0, 0.1) is 0 Å². The third-order valence-electron chi connectivity index (χ3n) is 6.21. The highest BCUT2D eigenvalue weighted by atomic mass is 16.6. The first-order chi connectivity index (χ1) is 18.8. The first-order valence-corrected chi connectivity index (χ1v) is 13.1. The molecule has 1 aliphatic rings. The Bertz CT molecular complexity index is 1410. The first-order valence-electron chi connectivity index (χ1n) is 13.1. The highest BCUT2D eigenvalue weighted by Crippen LogP contribution is 2.30. The average Bonchev–Trinajstić information content (AvgIpc) is 3.38. The van der Waals surface area contributed by atoms with Gasteiger partial charge < -0.3 is 19.9 Å². The van der Waals surface area contributed by atoms with Gasteiger partial charge in [0, 0.05) is 68.6 Å². The lowest BCUT2D eigenvalue weighted by atomic mass is 10.1. The highest BCUT2D eigenvalue weighted by Gasteiger charge is 2.26. The third-order valence-corrected chi connectivity index (χ3v) is 6.21. The monoisotopic (exact) mass is 527 g/mol. The normalized spacial score (nSPS) is 13.8. The number of aryl methyl sites for hydroxylation is 1. The second-order valence-corrected chi connectivity index (χ2v) is 10.2. The minimum atomic E-state index is -0.499. The van der Waals surface area contributed by atoms with Crippen molar-refractivity contribution >= 4 is 23.5 Å². The quantitative estimate of drug-likeness (QED) is 0.384. The lowest BCUT2D eigenvalue weighted by Crippen LogP contribution is -2.50. The Balaban J connectivity index is 1.25. The summed E-state index contributed by atoms with van der Waals surface area (Å²) in [4.78, 5) is 34.3. The second kappa shape index (κ2) is 11.1. The number of anilines is 3. The fraction of sp³-hybridized carbons (Fsp3) is 0.357. The Morgan fingerprint density at radius 1 is 1.03 bits per heavy atom. The molecule has 0 atom stereocenters. The van der Waals surface area contributed by atoms with Gasteiger partial charge in [-0.15, -0.1) is 0 Å². The summed E-state index contributed by atoms with van der Waals surface area (Å²) in [5.41, 5.74) is 3.71. The van der Waals surface area contributed by atoms with Crippen LogP contribution in [0.15, 0.2) is 61.3 Å². The molecule has 11 nitrogen and oxygen atoms in total. The minimum absolute atomic E-state index is 0.272. The van der Waals surface area contributed by atoms with Gasteiger partial charge in [0.15, 0.2) is 0 Å². The minimum Gasteiger partial charge on any atom is -0.444 e. The lowest BCUT2D eigenvalue weighted by Gasteiger charge is -2.36. The number of piperazine rings is 1. The van der Waals surface area contributed by atoms with Crippen molar-refractivity contribution in [2.45, 2.75) is 39.8 Å². The van der Waals surface area contributed by atoms with Crippen LogP contribution in [0.3, 0.4) is 0 Å². The standard InChI is InChI=1S/C28H33N9O2/c1-5-37-19-22(25(34-37)20-7-6-11-29-17-20)23-10-12-30-26(33-23)32-21-8-9-24(31-18-21)35-13-15-36(16-14-35)27(38)39-28(2,3)4/h6-12,17-19H,5,13-16H2,1-4H3,(H,30,32,33). The van der Waals surface area contributed by atoms with Crippen molar-refractivity contribution < 1.29 is 9.53 Å². The first kappa shape index (κ1) is 26.1. The molecule has 4 aromatic heterocycles. The zero-order valence-electron chi connectivity index (χ0n) is 22.7. The van der Waals surface area contributed by atoms with Crippen LogP contribution in [0.5, 0.6) is 0 Å². The van der Waals surface area contributed by atoms with Gasteiger partial charge in [-0.3, -0.25) is 9.67 Å². The number of hydrogen-bond donors (Lipinski definition) is 1. The Hall–Kier alpha value is -4.54. The van der Waals surface area contributed by atoms with Crippen molar-refractivity contribution in [2.24, 2.45) is 0 Å². The van der Waals surface area contributed by atoms with Gasteiger partial charge >= 0.3 is 6.09 Å². The Kier molecular flexibility index (Phi) is 7.40. The Morgan fingerprint density at radius 2 is 1.85 bits per heavy atom. The molecule has 11 heteroatoms. The van der Waals surface area contributed by atoms with Crippen LogP contribution in [0.1, 0.15) is 27.7 Å². The van der Waals surface area contributed by atoms with Crippen LogP contribution < -0.4 is 10.2 Å². The fourth-order valence-corrected chi connectivity index (χ4v) is 4.28. The van der Waals surface area contributed by atoms with Gasteiger partial charge in [0.1, 0.15) is 17.1 Å². The molecule has 39 heavy (non-hydrogen) atoms. The van der Waals surface area contributed by atoms with E-state index >= 15 is 0 Å². The zero-order valence-corrected chi connectivity index (χ0v) is 22.7. The van der Waals surface area contributed by atoms with Crippen molar-refractivity contribution in [3.63, 3.8) is 0 Å². The van der Waals surface area contributed by atoms with Crippen molar-refractivity contribution in [2.75, 3.05) is 36.4 Å². The molecule has 5 heterocycles. The van der Waals surface area contributed by atoms with E-state index in [-0.39, 0.29) is 6.09 Å². The zero-order chi connectivity index (χ0) is 27.4. The van der Waals surface area contributed by atoms with E-state index in [1.807, 2.05) is 68.9 Å². The predicted octanol–water partition coefficient (Wildman–Crippen LogP) is 4.62. The van der Waals surface area contributed by atoms with Crippen LogP contribution in [-0.2, 0) is 11.3 Å². The molecule has 1 aliphatic heterocycles. The van der Waals surface area contributed by atoms with Gasteiger partial charge in [0.2, 0.25) is 5.95 Å². The highest BCUT2D eigenvalue weighted by molar-refractivity contribution is 5.78. The summed E-state index contributed by atoms with van der Waals surface area (Å²) in [6.07, 6.45) is 8.76. The smallest absolute Gasteiger partial charge is 0.410 e. The number of nitrogens with zero attached hydrogens (tertiary/aromatic N) is 8. The van der Waals surface area contributed by atoms with Crippen LogP contribution in [0.25, 0.3) is 22.5 Å². The van der Waals surface area contributed by atoms with E-state index in [4.69, 9.17) is 14.8 Å². The number of pyridine rings is 2. The number of aromatic nitrogens is 6. The average molecular weight is 528 g/mol. The lowest BCUT2D eigenvalue weighted by molar-refractivity contribution is 0.0240. The summed E-state index contributed by atoms with van der Waals surface area (Å²) in [7, 11) is 0. The maximum atomic E-state index is 12.3. The molecular weight excluding hydrogens is 494 g/mol. The second-order valence-electron chi connectivity index (χ2n) is 10.2. The van der Waals surface area contributed by atoms with Gasteiger partial charge in [0.25, 0.3) is 0 Å². The molecule has 0 unspecified atom stereocenters. The summed E-state index contributed by atoms with van der Waals surface area (Å²) in [5, 5.41) is 7.98. The Labute approximate surface area is 227 Å². The predicted molar refractivity (Wildman–Crippen MR) is 150 cm³/mol. The van der Waals surface area contributed by atoms with E-state index in [9.17, 15) is 4.79 Å². The number of amides is 1.